The van der Waals surface area contributed by atoms with Gasteiger partial charge in [-0.05, 0) is 66.8 Å². The molecule has 184 valence electrons. The Labute approximate surface area is 201 Å². The fraction of sp³-hybridized carbons (Fsp3) is 0.481. The lowest BCUT2D eigenvalue weighted by Gasteiger charge is -2.41. The van der Waals surface area contributed by atoms with Crippen LogP contribution in [-0.2, 0) is 22.6 Å². The molecular weight excluding hydrogens is 433 g/mol. The van der Waals surface area contributed by atoms with Crippen LogP contribution in [0.25, 0.3) is 0 Å². The molecule has 0 saturated carbocycles. The monoisotopic (exact) mass is 469 g/mol. The zero-order valence-electron chi connectivity index (χ0n) is 21.3. The number of benzene rings is 2. The molecule has 1 aliphatic heterocycles. The van der Waals surface area contributed by atoms with Crippen LogP contribution < -0.4 is 10.2 Å². The number of alkyl halides is 1. The highest BCUT2D eigenvalue weighted by atomic mass is 19.1. The van der Waals surface area contributed by atoms with Crippen LogP contribution in [0.3, 0.4) is 0 Å². The van der Waals surface area contributed by atoms with Crippen molar-refractivity contribution >= 4 is 23.2 Å². The van der Waals surface area contributed by atoms with Gasteiger partial charge in [0.15, 0.2) is 0 Å². The van der Waals surface area contributed by atoms with Gasteiger partial charge in [-0.3, -0.25) is 9.59 Å². The molecule has 0 fully saturated rings. The molecule has 0 aromatic heterocycles. The minimum absolute atomic E-state index is 0.0955. The summed E-state index contributed by atoms with van der Waals surface area (Å²) in [6.07, 6.45) is 0.402. The largest absolute Gasteiger partial charge is 0.507 e. The molecule has 2 aromatic carbocycles. The predicted molar refractivity (Wildman–Crippen MR) is 134 cm³/mol. The summed E-state index contributed by atoms with van der Waals surface area (Å²) in [7, 11) is 1.72. The van der Waals surface area contributed by atoms with Gasteiger partial charge >= 0.3 is 0 Å². The van der Waals surface area contributed by atoms with E-state index in [9.17, 15) is 19.1 Å². The number of anilines is 2. The average Bonchev–Trinajstić information content (AvgIpc) is 2.80. The highest BCUT2D eigenvalue weighted by molar-refractivity contribution is 6.00. The molecule has 1 aliphatic rings. The first-order chi connectivity index (χ1) is 15.9. The fourth-order valence-corrected chi connectivity index (χ4v) is 4.49. The second-order valence-corrected chi connectivity index (χ2v) is 10.2. The van der Waals surface area contributed by atoms with E-state index in [4.69, 9.17) is 0 Å². The van der Waals surface area contributed by atoms with E-state index in [0.29, 0.717) is 18.5 Å². The van der Waals surface area contributed by atoms with Gasteiger partial charge in [0.05, 0.1) is 0 Å². The Balaban J connectivity index is 2.00. The van der Waals surface area contributed by atoms with Crippen LogP contribution in [0, 0.1) is 26.2 Å². The molecule has 0 radical (unpaired) electrons. The van der Waals surface area contributed by atoms with Gasteiger partial charge in [0.1, 0.15) is 18.5 Å². The van der Waals surface area contributed by atoms with Gasteiger partial charge in [-0.25, -0.2) is 4.39 Å². The molecule has 1 heterocycles. The minimum Gasteiger partial charge on any atom is -0.507 e. The van der Waals surface area contributed by atoms with Gasteiger partial charge in [0.2, 0.25) is 11.8 Å². The van der Waals surface area contributed by atoms with Gasteiger partial charge in [0.25, 0.3) is 0 Å². The van der Waals surface area contributed by atoms with E-state index in [2.05, 4.69) is 5.32 Å². The van der Waals surface area contributed by atoms with E-state index in [1.165, 1.54) is 0 Å². The van der Waals surface area contributed by atoms with E-state index in [1.807, 2.05) is 65.8 Å². The zero-order valence-corrected chi connectivity index (χ0v) is 21.3. The van der Waals surface area contributed by atoms with Crippen molar-refractivity contribution in [1.29, 1.82) is 0 Å². The number of phenols is 1. The number of hydrogen-bond acceptors (Lipinski definition) is 4. The van der Waals surface area contributed by atoms with Crippen molar-refractivity contribution in [3.8, 4) is 5.75 Å². The van der Waals surface area contributed by atoms with Gasteiger partial charge in [-0.2, -0.15) is 0 Å². The number of carbonyl (C=O) groups is 2. The predicted octanol–water partition coefficient (Wildman–Crippen LogP) is 4.66. The van der Waals surface area contributed by atoms with E-state index in [1.54, 1.807) is 16.8 Å². The SMILES string of the molecule is Cc1cc(N(C)C(=O)[C@@H]2Cc3ccc(NCCF)cc3CN2C(=O)C(C)(C)C)c(C)c(C)c1O. The van der Waals surface area contributed by atoms with Crippen LogP contribution in [0.4, 0.5) is 15.8 Å². The summed E-state index contributed by atoms with van der Waals surface area (Å²) in [5.41, 5.74) is 5.09. The van der Waals surface area contributed by atoms with E-state index in [0.717, 1.165) is 33.6 Å². The van der Waals surface area contributed by atoms with Crippen LogP contribution in [-0.4, -0.2) is 48.1 Å². The quantitative estimate of drug-likeness (QED) is 0.668. The van der Waals surface area contributed by atoms with Crippen LogP contribution >= 0.6 is 0 Å². The number of nitrogens with zero attached hydrogens (tertiary/aromatic N) is 2. The van der Waals surface area contributed by atoms with Crippen molar-refractivity contribution in [1.82, 2.24) is 4.90 Å². The third-order valence-corrected chi connectivity index (χ3v) is 6.67. The Kier molecular flexibility index (Phi) is 7.24. The Morgan fingerprint density at radius 1 is 1.15 bits per heavy atom. The number of nitrogens with one attached hydrogen (secondary N) is 1. The van der Waals surface area contributed by atoms with Gasteiger partial charge in [0, 0.05) is 43.3 Å². The molecule has 0 unspecified atom stereocenters. The summed E-state index contributed by atoms with van der Waals surface area (Å²) >= 11 is 0. The summed E-state index contributed by atoms with van der Waals surface area (Å²) in [4.78, 5) is 30.5. The third kappa shape index (κ3) is 4.88. The van der Waals surface area contributed by atoms with Crippen molar-refractivity contribution < 1.29 is 19.1 Å². The number of phenolic OH excluding ortho intramolecular Hbond substituents is 1. The molecular formula is C27H36FN3O3. The number of carbonyl (C=O) groups excluding carboxylic acids is 2. The number of amides is 2. The maximum absolute atomic E-state index is 13.8. The lowest BCUT2D eigenvalue weighted by Crippen LogP contribution is -2.55. The van der Waals surface area contributed by atoms with E-state index >= 15 is 0 Å². The van der Waals surface area contributed by atoms with Crippen molar-refractivity contribution in [3.05, 3.63) is 52.1 Å². The van der Waals surface area contributed by atoms with Gasteiger partial charge < -0.3 is 20.2 Å². The molecule has 0 saturated heterocycles. The number of aromatic hydroxyl groups is 1. The molecule has 34 heavy (non-hydrogen) atoms. The Morgan fingerprint density at radius 2 is 1.82 bits per heavy atom. The number of rotatable bonds is 5. The van der Waals surface area contributed by atoms with Gasteiger partial charge in [-0.1, -0.05) is 26.8 Å². The number of fused-ring (bicyclic) bond motifs is 1. The highest BCUT2D eigenvalue weighted by Crippen LogP contribution is 2.35. The summed E-state index contributed by atoms with van der Waals surface area (Å²) in [5.74, 6) is -0.0346. The average molecular weight is 470 g/mol. The summed E-state index contributed by atoms with van der Waals surface area (Å²) in [5, 5.41) is 13.3. The number of hydrogen-bond donors (Lipinski definition) is 2. The normalized spacial score (nSPS) is 15.6. The Bertz CT molecular complexity index is 1110. The number of aryl methyl sites for hydroxylation is 1. The molecule has 0 spiro atoms. The number of likely N-dealkylation sites (N-methyl/N-ethyl adjacent to an activating group) is 1. The first-order valence-electron chi connectivity index (χ1n) is 11.7. The maximum Gasteiger partial charge on any atom is 0.249 e. The smallest absolute Gasteiger partial charge is 0.249 e. The maximum atomic E-state index is 13.8. The second-order valence-electron chi connectivity index (χ2n) is 10.2. The van der Waals surface area contributed by atoms with E-state index < -0.39 is 18.1 Å². The first-order valence-corrected chi connectivity index (χ1v) is 11.7. The molecule has 3 rings (SSSR count). The van der Waals surface area contributed by atoms with Gasteiger partial charge in [-0.15, -0.1) is 0 Å². The molecule has 1 atom stereocenters. The Morgan fingerprint density at radius 3 is 2.44 bits per heavy atom. The van der Waals surface area contributed by atoms with Crippen LogP contribution in [0.15, 0.2) is 24.3 Å². The molecule has 0 aliphatic carbocycles. The second kappa shape index (κ2) is 9.65. The lowest BCUT2D eigenvalue weighted by molar-refractivity contribution is -0.147. The standard InChI is InChI=1S/C27H36FN3O3/c1-16-12-22(17(2)18(3)24(16)32)30(7)25(33)23-14-19-8-9-21(29-11-10-28)13-20(19)15-31(23)26(34)27(4,5)6/h8-9,12-13,23,29,32H,10-11,14-15H2,1-7H3/t23-/m0/s1. The van der Waals surface area contributed by atoms with Crippen LogP contribution in [0.1, 0.15) is 48.6 Å². The molecule has 2 amide bonds. The highest BCUT2D eigenvalue weighted by Gasteiger charge is 2.40. The van der Waals surface area contributed by atoms with E-state index in [-0.39, 0.29) is 24.1 Å². The zero-order chi connectivity index (χ0) is 25.4. The first kappa shape index (κ1) is 25.5. The van der Waals surface area contributed by atoms with Crippen LogP contribution in [0.5, 0.6) is 5.75 Å². The molecule has 6 nitrogen and oxygen atoms in total. The lowest BCUT2D eigenvalue weighted by atomic mass is 9.88. The molecule has 2 N–H and O–H groups in total. The van der Waals surface area contributed by atoms with Crippen molar-refractivity contribution in [3.63, 3.8) is 0 Å². The van der Waals surface area contributed by atoms with Crippen molar-refractivity contribution in [2.75, 3.05) is 30.5 Å². The minimum atomic E-state index is -0.652. The number of halogens is 1. The van der Waals surface area contributed by atoms with Crippen molar-refractivity contribution in [2.24, 2.45) is 5.41 Å². The molecule has 2 aromatic rings. The fourth-order valence-electron chi connectivity index (χ4n) is 4.49. The molecule has 7 heteroatoms. The summed E-state index contributed by atoms with van der Waals surface area (Å²) in [6.45, 7) is 11.2. The third-order valence-electron chi connectivity index (χ3n) is 6.67. The van der Waals surface area contributed by atoms with Crippen molar-refractivity contribution in [2.45, 2.75) is 60.5 Å². The van der Waals surface area contributed by atoms with Crippen LogP contribution in [0.2, 0.25) is 0 Å². The summed E-state index contributed by atoms with van der Waals surface area (Å²) in [6, 6.07) is 6.94. The topological polar surface area (TPSA) is 72.9 Å². The Hall–Kier alpha value is -3.09. The molecule has 0 bridgehead atoms. The summed E-state index contributed by atoms with van der Waals surface area (Å²) < 4.78 is 12.6.